The minimum Gasteiger partial charge on any atom is -0.376 e. The summed E-state index contributed by atoms with van der Waals surface area (Å²) in [5, 5.41) is 2.44. The van der Waals surface area contributed by atoms with Crippen molar-refractivity contribution in [2.45, 2.75) is 6.18 Å². The van der Waals surface area contributed by atoms with Crippen LogP contribution in [-0.2, 0) is 6.18 Å². The van der Waals surface area contributed by atoms with E-state index >= 15 is 0 Å². The second-order valence-electron chi connectivity index (χ2n) is 5.09. The molecule has 0 aliphatic rings. The summed E-state index contributed by atoms with van der Waals surface area (Å²) >= 11 is 0. The summed E-state index contributed by atoms with van der Waals surface area (Å²) < 4.78 is 51.4. The van der Waals surface area contributed by atoms with Crippen molar-refractivity contribution in [3.8, 4) is 0 Å². The lowest BCUT2D eigenvalue weighted by Crippen LogP contribution is -2.18. The highest BCUT2D eigenvalue weighted by Crippen LogP contribution is 2.35. The minimum absolute atomic E-state index is 0.0270. The van der Waals surface area contributed by atoms with Gasteiger partial charge in [0.15, 0.2) is 0 Å². The van der Waals surface area contributed by atoms with E-state index in [1.165, 1.54) is 18.2 Å². The molecule has 0 unspecified atom stereocenters. The molecule has 0 aliphatic heterocycles. The Morgan fingerprint density at radius 3 is 2.17 bits per heavy atom. The van der Waals surface area contributed by atoms with E-state index in [2.05, 4.69) is 5.32 Å². The van der Waals surface area contributed by atoms with Crippen LogP contribution in [0.4, 0.5) is 28.9 Å². The highest BCUT2D eigenvalue weighted by atomic mass is 19.4. The largest absolute Gasteiger partial charge is 0.416 e. The molecular weight excluding hydrogens is 312 g/mol. The number of benzene rings is 2. The summed E-state index contributed by atoms with van der Waals surface area (Å²) in [5.74, 6) is -1.12. The summed E-state index contributed by atoms with van der Waals surface area (Å²) in [6.45, 7) is 0. The van der Waals surface area contributed by atoms with E-state index in [0.717, 1.165) is 24.3 Å². The van der Waals surface area contributed by atoms with Gasteiger partial charge >= 0.3 is 6.18 Å². The standard InChI is InChI=1S/C16H14F4N2O/c1-22(2)14-8-5-11(16(18,19)20)9-13(14)21-15(23)10-3-6-12(17)7-4-10/h3-9H,1-2H3,(H,21,23). The average molecular weight is 326 g/mol. The fourth-order valence-electron chi connectivity index (χ4n) is 2.00. The van der Waals surface area contributed by atoms with Crippen LogP contribution in [0.15, 0.2) is 42.5 Å². The number of carbonyl (C=O) groups is 1. The third-order valence-electron chi connectivity index (χ3n) is 3.16. The van der Waals surface area contributed by atoms with Crippen molar-refractivity contribution in [3.05, 3.63) is 59.4 Å². The maximum absolute atomic E-state index is 12.9. The lowest BCUT2D eigenvalue weighted by atomic mass is 10.1. The number of hydrogen-bond acceptors (Lipinski definition) is 2. The summed E-state index contributed by atoms with van der Waals surface area (Å²) in [5.41, 5.74) is -0.265. The van der Waals surface area contributed by atoms with Crippen LogP contribution < -0.4 is 10.2 Å². The third kappa shape index (κ3) is 4.00. The SMILES string of the molecule is CN(C)c1ccc(C(F)(F)F)cc1NC(=O)c1ccc(F)cc1. The van der Waals surface area contributed by atoms with Crippen molar-refractivity contribution in [1.29, 1.82) is 0 Å². The predicted molar refractivity (Wildman–Crippen MR) is 80.1 cm³/mol. The van der Waals surface area contributed by atoms with E-state index in [0.29, 0.717) is 5.69 Å². The second-order valence-corrected chi connectivity index (χ2v) is 5.09. The smallest absolute Gasteiger partial charge is 0.376 e. The average Bonchev–Trinajstić information content (AvgIpc) is 2.46. The van der Waals surface area contributed by atoms with Gasteiger partial charge in [0.2, 0.25) is 0 Å². The van der Waals surface area contributed by atoms with E-state index in [9.17, 15) is 22.4 Å². The molecule has 0 bridgehead atoms. The van der Waals surface area contributed by atoms with Gasteiger partial charge in [-0.3, -0.25) is 4.79 Å². The zero-order valence-corrected chi connectivity index (χ0v) is 12.4. The molecule has 0 spiro atoms. The van der Waals surface area contributed by atoms with Gasteiger partial charge in [-0.05, 0) is 42.5 Å². The molecule has 1 amide bonds. The van der Waals surface area contributed by atoms with Gasteiger partial charge in [-0.1, -0.05) is 0 Å². The number of alkyl halides is 3. The summed E-state index contributed by atoms with van der Waals surface area (Å²) in [7, 11) is 3.30. The van der Waals surface area contributed by atoms with Crippen LogP contribution in [0.1, 0.15) is 15.9 Å². The molecule has 0 saturated heterocycles. The molecule has 0 heterocycles. The van der Waals surface area contributed by atoms with Crippen molar-refractivity contribution in [2.24, 2.45) is 0 Å². The summed E-state index contributed by atoms with van der Waals surface area (Å²) in [6.07, 6.45) is -4.51. The fraction of sp³-hybridized carbons (Fsp3) is 0.188. The molecule has 23 heavy (non-hydrogen) atoms. The molecule has 2 aromatic rings. The van der Waals surface area contributed by atoms with Crippen LogP contribution in [0.25, 0.3) is 0 Å². The van der Waals surface area contributed by atoms with Gasteiger partial charge in [-0.2, -0.15) is 13.2 Å². The Bertz CT molecular complexity index is 709. The van der Waals surface area contributed by atoms with Gasteiger partial charge in [0.05, 0.1) is 16.9 Å². The van der Waals surface area contributed by atoms with Gasteiger partial charge in [-0.25, -0.2) is 4.39 Å². The van der Waals surface area contributed by atoms with Crippen molar-refractivity contribution in [2.75, 3.05) is 24.3 Å². The van der Waals surface area contributed by atoms with E-state index in [1.807, 2.05) is 0 Å². The molecule has 0 saturated carbocycles. The maximum Gasteiger partial charge on any atom is 0.416 e. The van der Waals surface area contributed by atoms with Crippen molar-refractivity contribution in [3.63, 3.8) is 0 Å². The molecule has 122 valence electrons. The Kier molecular flexibility index (Phi) is 4.58. The molecule has 0 aliphatic carbocycles. The van der Waals surface area contributed by atoms with E-state index in [-0.39, 0.29) is 11.3 Å². The molecule has 1 N–H and O–H groups in total. The van der Waals surface area contributed by atoms with E-state index < -0.39 is 23.5 Å². The van der Waals surface area contributed by atoms with Crippen LogP contribution in [0.2, 0.25) is 0 Å². The van der Waals surface area contributed by atoms with Gasteiger partial charge in [0.1, 0.15) is 5.82 Å². The van der Waals surface area contributed by atoms with Gasteiger partial charge in [0.25, 0.3) is 5.91 Å². The topological polar surface area (TPSA) is 32.3 Å². The van der Waals surface area contributed by atoms with Gasteiger partial charge in [-0.15, -0.1) is 0 Å². The molecular formula is C16H14F4N2O. The first kappa shape index (κ1) is 16.8. The number of rotatable bonds is 3. The summed E-state index contributed by atoms with van der Waals surface area (Å²) in [6, 6.07) is 7.83. The normalized spacial score (nSPS) is 11.2. The molecule has 0 aromatic heterocycles. The van der Waals surface area contributed by atoms with Crippen LogP contribution in [0.3, 0.4) is 0 Å². The Hall–Kier alpha value is -2.57. The number of nitrogens with zero attached hydrogens (tertiary/aromatic N) is 1. The molecule has 0 radical (unpaired) electrons. The van der Waals surface area contributed by atoms with Gasteiger partial charge in [0, 0.05) is 19.7 Å². The monoisotopic (exact) mass is 326 g/mol. The van der Waals surface area contributed by atoms with Crippen molar-refractivity contribution >= 4 is 17.3 Å². The van der Waals surface area contributed by atoms with Crippen LogP contribution >= 0.6 is 0 Å². The lowest BCUT2D eigenvalue weighted by Gasteiger charge is -2.19. The predicted octanol–water partition coefficient (Wildman–Crippen LogP) is 4.16. The number of nitrogens with one attached hydrogen (secondary N) is 1. The third-order valence-corrected chi connectivity index (χ3v) is 3.16. The molecule has 7 heteroatoms. The minimum atomic E-state index is -4.51. The van der Waals surface area contributed by atoms with Gasteiger partial charge < -0.3 is 10.2 Å². The number of anilines is 2. The first-order valence-electron chi connectivity index (χ1n) is 6.64. The zero-order valence-electron chi connectivity index (χ0n) is 12.4. The van der Waals surface area contributed by atoms with Crippen molar-refractivity contribution in [1.82, 2.24) is 0 Å². The van der Waals surface area contributed by atoms with Crippen LogP contribution in [0, 0.1) is 5.82 Å². The lowest BCUT2D eigenvalue weighted by molar-refractivity contribution is -0.137. The van der Waals surface area contributed by atoms with E-state index in [1.54, 1.807) is 19.0 Å². The second kappa shape index (κ2) is 6.28. The van der Waals surface area contributed by atoms with Crippen molar-refractivity contribution < 1.29 is 22.4 Å². The van der Waals surface area contributed by atoms with Crippen LogP contribution in [0.5, 0.6) is 0 Å². The number of halogens is 4. The Balaban J connectivity index is 2.36. The molecule has 3 nitrogen and oxygen atoms in total. The number of amides is 1. The first-order chi connectivity index (χ1) is 10.7. The molecule has 2 aromatic carbocycles. The molecule has 0 fully saturated rings. The highest BCUT2D eigenvalue weighted by molar-refractivity contribution is 6.06. The highest BCUT2D eigenvalue weighted by Gasteiger charge is 2.31. The Labute approximate surface area is 130 Å². The first-order valence-corrected chi connectivity index (χ1v) is 6.64. The number of carbonyl (C=O) groups excluding carboxylic acids is 1. The molecule has 2 rings (SSSR count). The Morgan fingerprint density at radius 1 is 1.04 bits per heavy atom. The molecule has 0 atom stereocenters. The quantitative estimate of drug-likeness (QED) is 0.859. The fourth-order valence-corrected chi connectivity index (χ4v) is 2.00. The van der Waals surface area contributed by atoms with Crippen LogP contribution in [-0.4, -0.2) is 20.0 Å². The Morgan fingerprint density at radius 2 is 1.65 bits per heavy atom. The zero-order chi connectivity index (χ0) is 17.2. The maximum atomic E-state index is 12.9. The van der Waals surface area contributed by atoms with E-state index in [4.69, 9.17) is 0 Å². The number of hydrogen-bond donors (Lipinski definition) is 1. The summed E-state index contributed by atoms with van der Waals surface area (Å²) in [4.78, 5) is 13.7.